The lowest BCUT2D eigenvalue weighted by Crippen LogP contribution is -2.46. The Labute approximate surface area is 108 Å². The fourth-order valence-corrected chi connectivity index (χ4v) is 1.84. The molecule has 0 aromatic heterocycles. The first kappa shape index (κ1) is 12.9. The summed E-state index contributed by atoms with van der Waals surface area (Å²) in [6.45, 7) is 0.986. The van der Waals surface area contributed by atoms with E-state index in [1.54, 1.807) is 0 Å². The lowest BCUT2D eigenvalue weighted by atomic mass is 10.1. The van der Waals surface area contributed by atoms with Gasteiger partial charge in [0.1, 0.15) is 12.3 Å². The normalized spacial score (nSPS) is 17.6. The maximum Gasteiger partial charge on any atom is 0.335 e. The van der Waals surface area contributed by atoms with E-state index in [1.807, 2.05) is 0 Å². The number of carbonyl (C=O) groups is 3. The zero-order chi connectivity index (χ0) is 14.2. The number of aromatic carboxylic acids is 1. The molecule has 0 radical (unpaired) electrons. The van der Waals surface area contributed by atoms with Gasteiger partial charge in [-0.1, -0.05) is 0 Å². The fourth-order valence-electron chi connectivity index (χ4n) is 1.84. The van der Waals surface area contributed by atoms with Crippen molar-refractivity contribution < 1.29 is 29.3 Å². The summed E-state index contributed by atoms with van der Waals surface area (Å²) < 4.78 is 5.30. The van der Waals surface area contributed by atoms with E-state index in [9.17, 15) is 14.4 Å². The van der Waals surface area contributed by atoms with Crippen LogP contribution in [0.15, 0.2) is 18.2 Å². The first-order valence-corrected chi connectivity index (χ1v) is 5.47. The molecule has 0 aliphatic carbocycles. The summed E-state index contributed by atoms with van der Waals surface area (Å²) >= 11 is 0. The third-order valence-electron chi connectivity index (χ3n) is 2.71. The van der Waals surface area contributed by atoms with Crippen molar-refractivity contribution in [3.05, 3.63) is 23.8 Å². The van der Waals surface area contributed by atoms with Gasteiger partial charge in [-0.25, -0.2) is 4.79 Å². The van der Waals surface area contributed by atoms with Gasteiger partial charge in [-0.15, -0.1) is 0 Å². The summed E-state index contributed by atoms with van der Waals surface area (Å²) in [7, 11) is 0. The monoisotopic (exact) mass is 265 g/mol. The van der Waals surface area contributed by atoms with Crippen LogP contribution < -0.4 is 9.64 Å². The molecule has 1 amide bonds. The molecule has 0 bridgehead atoms. The molecule has 0 fully saturated rings. The number of ether oxygens (including phenoxy) is 1. The number of hydrogen-bond acceptors (Lipinski definition) is 4. The standard InChI is InChI=1S/C12H11NO6/c1-6-11(16)13(5-10(14)15)8-3-2-7(12(17)18)4-9(8)19-6/h2-4,6H,5H2,1H3,(H,14,15)(H,17,18). The fraction of sp³-hybridized carbons (Fsp3) is 0.250. The van der Waals surface area contributed by atoms with E-state index < -0.39 is 30.5 Å². The molecule has 19 heavy (non-hydrogen) atoms. The maximum absolute atomic E-state index is 11.9. The van der Waals surface area contributed by atoms with Crippen LogP contribution >= 0.6 is 0 Å². The minimum atomic E-state index is -1.16. The zero-order valence-corrected chi connectivity index (χ0v) is 9.99. The number of carbonyl (C=O) groups excluding carboxylic acids is 1. The van der Waals surface area contributed by atoms with Crippen molar-refractivity contribution in [3.63, 3.8) is 0 Å². The van der Waals surface area contributed by atoms with Crippen LogP contribution in [0.2, 0.25) is 0 Å². The van der Waals surface area contributed by atoms with E-state index in [1.165, 1.54) is 25.1 Å². The first-order valence-electron chi connectivity index (χ1n) is 5.47. The van der Waals surface area contributed by atoms with Gasteiger partial charge in [0.2, 0.25) is 0 Å². The Morgan fingerprint density at radius 2 is 2.05 bits per heavy atom. The lowest BCUT2D eigenvalue weighted by molar-refractivity contribution is -0.137. The Morgan fingerprint density at radius 3 is 2.63 bits per heavy atom. The minimum absolute atomic E-state index is 0.00979. The van der Waals surface area contributed by atoms with Crippen molar-refractivity contribution >= 4 is 23.5 Å². The second kappa shape index (κ2) is 4.60. The Bertz CT molecular complexity index is 567. The highest BCUT2D eigenvalue weighted by Gasteiger charge is 2.33. The van der Waals surface area contributed by atoms with Gasteiger partial charge in [0, 0.05) is 0 Å². The van der Waals surface area contributed by atoms with Gasteiger partial charge in [0.15, 0.2) is 6.10 Å². The van der Waals surface area contributed by atoms with Crippen LogP contribution in [-0.2, 0) is 9.59 Å². The maximum atomic E-state index is 11.9. The number of hydrogen-bond donors (Lipinski definition) is 2. The number of carboxylic acid groups (broad SMARTS) is 2. The van der Waals surface area contributed by atoms with E-state index in [0.717, 1.165) is 4.90 Å². The molecule has 1 aliphatic heterocycles. The molecule has 1 aliphatic rings. The van der Waals surface area contributed by atoms with Gasteiger partial charge in [-0.05, 0) is 25.1 Å². The number of carboxylic acids is 2. The molecule has 1 unspecified atom stereocenters. The average Bonchev–Trinajstić information content (AvgIpc) is 2.33. The summed E-state index contributed by atoms with van der Waals surface area (Å²) in [6.07, 6.45) is -0.851. The highest BCUT2D eigenvalue weighted by Crippen LogP contribution is 2.34. The Kier molecular flexibility index (Phi) is 3.12. The number of fused-ring (bicyclic) bond motifs is 1. The highest BCUT2D eigenvalue weighted by molar-refractivity contribution is 6.03. The second-order valence-electron chi connectivity index (χ2n) is 4.07. The van der Waals surface area contributed by atoms with Crippen LogP contribution in [-0.4, -0.2) is 40.7 Å². The van der Waals surface area contributed by atoms with Crippen molar-refractivity contribution in [1.29, 1.82) is 0 Å². The summed E-state index contributed by atoms with van der Waals surface area (Å²) in [5, 5.41) is 17.7. The number of nitrogens with zero attached hydrogens (tertiary/aromatic N) is 1. The Hall–Kier alpha value is -2.57. The predicted molar refractivity (Wildman–Crippen MR) is 63.5 cm³/mol. The number of rotatable bonds is 3. The van der Waals surface area contributed by atoms with Gasteiger partial charge in [0.05, 0.1) is 11.3 Å². The van der Waals surface area contributed by atoms with Crippen LogP contribution in [0.4, 0.5) is 5.69 Å². The van der Waals surface area contributed by atoms with E-state index in [0.29, 0.717) is 0 Å². The average molecular weight is 265 g/mol. The quantitative estimate of drug-likeness (QED) is 0.828. The molecule has 100 valence electrons. The lowest BCUT2D eigenvalue weighted by Gasteiger charge is -2.32. The molecule has 1 aromatic rings. The van der Waals surface area contributed by atoms with Crippen molar-refractivity contribution in [2.75, 3.05) is 11.4 Å². The highest BCUT2D eigenvalue weighted by atomic mass is 16.5. The molecular formula is C12H11NO6. The summed E-state index contributed by atoms with van der Waals surface area (Å²) in [4.78, 5) is 34.6. The van der Waals surface area contributed by atoms with Gasteiger partial charge in [-0.2, -0.15) is 0 Å². The van der Waals surface area contributed by atoms with Crippen LogP contribution in [0.5, 0.6) is 5.75 Å². The zero-order valence-electron chi connectivity index (χ0n) is 9.99. The molecule has 2 rings (SSSR count). The molecule has 0 spiro atoms. The van der Waals surface area contributed by atoms with E-state index in [4.69, 9.17) is 14.9 Å². The van der Waals surface area contributed by atoms with Crippen molar-refractivity contribution in [1.82, 2.24) is 0 Å². The van der Waals surface area contributed by atoms with Crippen LogP contribution in [0.3, 0.4) is 0 Å². The molecule has 1 aromatic carbocycles. The number of anilines is 1. The molecular weight excluding hydrogens is 254 g/mol. The van der Waals surface area contributed by atoms with Crippen molar-refractivity contribution in [2.45, 2.75) is 13.0 Å². The smallest absolute Gasteiger partial charge is 0.335 e. The Balaban J connectivity index is 2.47. The van der Waals surface area contributed by atoms with Gasteiger partial charge in [-0.3, -0.25) is 14.5 Å². The molecule has 7 nitrogen and oxygen atoms in total. The minimum Gasteiger partial charge on any atom is -0.480 e. The second-order valence-corrected chi connectivity index (χ2v) is 4.07. The van der Waals surface area contributed by atoms with Crippen LogP contribution in [0.1, 0.15) is 17.3 Å². The molecule has 7 heteroatoms. The van der Waals surface area contributed by atoms with Gasteiger partial charge in [0.25, 0.3) is 5.91 Å². The summed E-state index contributed by atoms with van der Waals surface area (Å²) in [5.41, 5.74) is 0.270. The summed E-state index contributed by atoms with van der Waals surface area (Å²) in [6, 6.07) is 3.93. The van der Waals surface area contributed by atoms with E-state index >= 15 is 0 Å². The third kappa shape index (κ3) is 2.35. The summed E-state index contributed by atoms with van der Waals surface area (Å²) in [5.74, 6) is -2.57. The van der Waals surface area contributed by atoms with Crippen molar-refractivity contribution in [3.8, 4) is 5.75 Å². The number of aliphatic carboxylic acids is 1. The SMILES string of the molecule is CC1Oc2cc(C(=O)O)ccc2N(CC(=O)O)C1=O. The Morgan fingerprint density at radius 1 is 1.37 bits per heavy atom. The number of benzene rings is 1. The molecule has 1 atom stereocenters. The van der Waals surface area contributed by atoms with E-state index in [-0.39, 0.29) is 17.0 Å². The largest absolute Gasteiger partial charge is 0.480 e. The first-order chi connectivity index (χ1) is 8.90. The molecule has 0 saturated heterocycles. The van der Waals surface area contributed by atoms with Gasteiger partial charge < -0.3 is 14.9 Å². The van der Waals surface area contributed by atoms with Crippen LogP contribution in [0.25, 0.3) is 0 Å². The number of amides is 1. The van der Waals surface area contributed by atoms with E-state index in [2.05, 4.69) is 0 Å². The topological polar surface area (TPSA) is 104 Å². The molecule has 1 heterocycles. The molecule has 0 saturated carbocycles. The molecule has 2 N–H and O–H groups in total. The third-order valence-corrected chi connectivity index (χ3v) is 2.71. The predicted octanol–water partition coefficient (Wildman–Crippen LogP) is 0.583. The van der Waals surface area contributed by atoms with Crippen molar-refractivity contribution in [2.24, 2.45) is 0 Å². The van der Waals surface area contributed by atoms with Gasteiger partial charge >= 0.3 is 11.9 Å². The van der Waals surface area contributed by atoms with Crippen LogP contribution in [0, 0.1) is 0 Å².